The summed E-state index contributed by atoms with van der Waals surface area (Å²) in [5, 5.41) is 9.62. The van der Waals surface area contributed by atoms with E-state index in [-0.39, 0.29) is 41.4 Å². The summed E-state index contributed by atoms with van der Waals surface area (Å²) in [6.45, 7) is 9.39. The predicted molar refractivity (Wildman–Crippen MR) is 148 cm³/mol. The molecule has 2 aromatic rings. The van der Waals surface area contributed by atoms with Crippen LogP contribution < -0.4 is 4.74 Å². The zero-order valence-electron chi connectivity index (χ0n) is 23.5. The molecule has 1 N–H and O–H groups in total. The Morgan fingerprint density at radius 1 is 1.10 bits per heavy atom. The van der Waals surface area contributed by atoms with Gasteiger partial charge in [0.1, 0.15) is 11.5 Å². The Morgan fingerprint density at radius 3 is 2.49 bits per heavy atom. The molecule has 3 atom stereocenters. The van der Waals surface area contributed by atoms with Crippen molar-refractivity contribution in [3.63, 3.8) is 0 Å². The van der Waals surface area contributed by atoms with E-state index in [1.54, 1.807) is 12.0 Å². The van der Waals surface area contributed by atoms with Crippen molar-refractivity contribution >= 4 is 11.9 Å². The molecule has 0 aromatic heterocycles. The third-order valence-corrected chi connectivity index (χ3v) is 7.57. The second-order valence-corrected chi connectivity index (χ2v) is 11.7. The van der Waals surface area contributed by atoms with Crippen LogP contribution >= 0.6 is 0 Å². The van der Waals surface area contributed by atoms with Crippen LogP contribution in [0.25, 0.3) is 0 Å². The molecule has 0 spiro atoms. The molecule has 0 fully saturated rings. The fourth-order valence-electron chi connectivity index (χ4n) is 5.41. The summed E-state index contributed by atoms with van der Waals surface area (Å²) in [4.78, 5) is 27.8. The van der Waals surface area contributed by atoms with Crippen LogP contribution in [0.1, 0.15) is 62.5 Å². The summed E-state index contributed by atoms with van der Waals surface area (Å²) in [6.07, 6.45) is 8.60. The molecule has 2 aromatic carbocycles. The van der Waals surface area contributed by atoms with Crippen LogP contribution in [0.2, 0.25) is 0 Å². The average molecular weight is 536 g/mol. The van der Waals surface area contributed by atoms with Crippen molar-refractivity contribution in [3.8, 4) is 11.5 Å². The molecule has 0 heterocycles. The van der Waals surface area contributed by atoms with Gasteiger partial charge in [-0.1, -0.05) is 12.1 Å². The minimum Gasteiger partial charge on any atom is -0.505 e. The molecule has 0 aliphatic heterocycles. The number of carbonyl (C=O) groups excluding carboxylic acids is 2. The molecule has 208 valence electrons. The number of phenols is 1. The van der Waals surface area contributed by atoms with E-state index in [0.717, 1.165) is 25.3 Å². The highest BCUT2D eigenvalue weighted by Crippen LogP contribution is 2.39. The summed E-state index contributed by atoms with van der Waals surface area (Å²) in [5.74, 6) is -0.373. The molecule has 7 heteroatoms. The standard InChI is InChI=1S/C32H38FNO5/c1-19(2)34(30(36)23-10-14-29(35)27(33)17-23)28-18-24(38-6)12-13-26(28)22-8-7-21-16-25(11-9-20(21)15-22)39-31(37)32(3,4)5/h9-14,16-19,22,26,28,35H,7-8,15H2,1-6H3/t22-,26?,28?/m1/s1. The topological polar surface area (TPSA) is 76.1 Å². The SMILES string of the molecule is COC1=CC(N(C(=O)c2ccc(O)c(F)c2)C(C)C)C([C@@H]2CCc3cc(OC(=O)C(C)(C)C)ccc3C2)C=C1. The minimum atomic E-state index is -0.825. The number of rotatable bonds is 6. The first-order valence-corrected chi connectivity index (χ1v) is 13.5. The quantitative estimate of drug-likeness (QED) is 0.351. The van der Waals surface area contributed by atoms with Crippen LogP contribution in [0, 0.1) is 23.1 Å². The Hall–Kier alpha value is -3.61. The lowest BCUT2D eigenvalue weighted by Gasteiger charge is -2.43. The summed E-state index contributed by atoms with van der Waals surface area (Å²) < 4.78 is 25.3. The molecule has 39 heavy (non-hydrogen) atoms. The highest BCUT2D eigenvalue weighted by Gasteiger charge is 2.38. The van der Waals surface area contributed by atoms with Gasteiger partial charge in [0.25, 0.3) is 5.91 Å². The van der Waals surface area contributed by atoms with E-state index in [1.807, 2.05) is 65.0 Å². The molecule has 2 unspecified atom stereocenters. The number of carbonyl (C=O) groups is 2. The van der Waals surface area contributed by atoms with E-state index >= 15 is 0 Å². The van der Waals surface area contributed by atoms with Crippen molar-refractivity contribution in [1.82, 2.24) is 4.90 Å². The van der Waals surface area contributed by atoms with Crippen molar-refractivity contribution in [2.24, 2.45) is 17.3 Å². The number of allylic oxidation sites excluding steroid dienone is 1. The Bertz CT molecular complexity index is 1310. The Kier molecular flexibility index (Phi) is 8.19. The molecule has 2 aliphatic carbocycles. The van der Waals surface area contributed by atoms with Gasteiger partial charge in [0.05, 0.1) is 18.6 Å². The van der Waals surface area contributed by atoms with Gasteiger partial charge >= 0.3 is 5.97 Å². The number of aromatic hydroxyl groups is 1. The van der Waals surface area contributed by atoms with Crippen molar-refractivity contribution in [2.75, 3.05) is 7.11 Å². The molecule has 6 nitrogen and oxygen atoms in total. The molecule has 0 radical (unpaired) electrons. The van der Waals surface area contributed by atoms with Crippen molar-refractivity contribution in [3.05, 3.63) is 82.9 Å². The van der Waals surface area contributed by atoms with Gasteiger partial charge in [-0.05, 0) is 113 Å². The van der Waals surface area contributed by atoms with Gasteiger partial charge < -0.3 is 19.5 Å². The van der Waals surface area contributed by atoms with Gasteiger partial charge in [-0.25, -0.2) is 4.39 Å². The molecule has 0 bridgehead atoms. The smallest absolute Gasteiger partial charge is 0.316 e. The van der Waals surface area contributed by atoms with E-state index in [4.69, 9.17) is 9.47 Å². The van der Waals surface area contributed by atoms with Crippen molar-refractivity contribution < 1.29 is 28.6 Å². The van der Waals surface area contributed by atoms with E-state index < -0.39 is 17.0 Å². The largest absolute Gasteiger partial charge is 0.505 e. The Labute approximate surface area is 230 Å². The first kappa shape index (κ1) is 28.4. The lowest BCUT2D eigenvalue weighted by Crippen LogP contribution is -2.50. The number of amides is 1. The lowest BCUT2D eigenvalue weighted by molar-refractivity contribution is -0.143. The normalized spacial score (nSPS) is 20.7. The van der Waals surface area contributed by atoms with Gasteiger partial charge in [0.2, 0.25) is 0 Å². The number of esters is 1. The minimum absolute atomic E-state index is 0.0174. The zero-order chi connectivity index (χ0) is 28.5. The van der Waals surface area contributed by atoms with E-state index in [1.165, 1.54) is 23.3 Å². The molecule has 0 saturated carbocycles. The molecule has 2 aliphatic rings. The van der Waals surface area contributed by atoms with E-state index in [2.05, 4.69) is 6.08 Å². The van der Waals surface area contributed by atoms with Crippen LogP contribution in [-0.2, 0) is 22.4 Å². The monoisotopic (exact) mass is 535 g/mol. The first-order chi connectivity index (χ1) is 18.4. The van der Waals surface area contributed by atoms with Crippen LogP contribution in [0.4, 0.5) is 4.39 Å². The second kappa shape index (κ2) is 11.2. The van der Waals surface area contributed by atoms with Gasteiger partial charge in [0, 0.05) is 17.5 Å². The van der Waals surface area contributed by atoms with Gasteiger partial charge in [-0.2, -0.15) is 0 Å². The fraction of sp³-hybridized carbons (Fsp3) is 0.438. The number of halogens is 1. The summed E-state index contributed by atoms with van der Waals surface area (Å²) in [5.41, 5.74) is 1.99. The molecular formula is C32H38FNO5. The number of methoxy groups -OCH3 is 1. The van der Waals surface area contributed by atoms with Crippen molar-refractivity contribution in [1.29, 1.82) is 0 Å². The Morgan fingerprint density at radius 2 is 1.85 bits per heavy atom. The summed E-state index contributed by atoms with van der Waals surface area (Å²) in [6, 6.07) is 9.14. The number of benzene rings is 2. The first-order valence-electron chi connectivity index (χ1n) is 13.5. The summed E-state index contributed by atoms with van der Waals surface area (Å²) in [7, 11) is 1.60. The third kappa shape index (κ3) is 6.18. The number of aryl methyl sites for hydroxylation is 1. The van der Waals surface area contributed by atoms with E-state index in [0.29, 0.717) is 11.5 Å². The maximum atomic E-state index is 14.1. The van der Waals surface area contributed by atoms with Crippen LogP contribution in [0.5, 0.6) is 11.5 Å². The van der Waals surface area contributed by atoms with Gasteiger partial charge in [0.15, 0.2) is 11.6 Å². The van der Waals surface area contributed by atoms with Crippen molar-refractivity contribution in [2.45, 2.75) is 66.0 Å². The van der Waals surface area contributed by atoms with Crippen LogP contribution in [-0.4, -0.2) is 41.1 Å². The van der Waals surface area contributed by atoms with Crippen LogP contribution in [0.3, 0.4) is 0 Å². The molecular weight excluding hydrogens is 497 g/mol. The number of hydrogen-bond donors (Lipinski definition) is 1. The summed E-state index contributed by atoms with van der Waals surface area (Å²) >= 11 is 0. The maximum absolute atomic E-state index is 14.1. The highest BCUT2D eigenvalue weighted by molar-refractivity contribution is 5.95. The number of nitrogens with zero attached hydrogens (tertiary/aromatic N) is 1. The van der Waals surface area contributed by atoms with Gasteiger partial charge in [-0.3, -0.25) is 9.59 Å². The van der Waals surface area contributed by atoms with E-state index in [9.17, 15) is 19.1 Å². The van der Waals surface area contributed by atoms with Crippen LogP contribution in [0.15, 0.2) is 60.4 Å². The number of ether oxygens (including phenoxy) is 2. The third-order valence-electron chi connectivity index (χ3n) is 7.57. The van der Waals surface area contributed by atoms with Gasteiger partial charge in [-0.15, -0.1) is 0 Å². The molecule has 0 saturated heterocycles. The maximum Gasteiger partial charge on any atom is 0.316 e. The zero-order valence-corrected chi connectivity index (χ0v) is 23.5. The molecule has 1 amide bonds. The second-order valence-electron chi connectivity index (χ2n) is 11.7. The number of fused-ring (bicyclic) bond motifs is 1. The number of hydrogen-bond acceptors (Lipinski definition) is 5. The fourth-order valence-corrected chi connectivity index (χ4v) is 5.41. The predicted octanol–water partition coefficient (Wildman–Crippen LogP) is 6.22. The Balaban J connectivity index is 1.60. The lowest BCUT2D eigenvalue weighted by atomic mass is 9.72. The molecule has 4 rings (SSSR count). The average Bonchev–Trinajstić information content (AvgIpc) is 2.89. The number of phenolic OH excluding ortho intramolecular Hbond substituents is 1. The highest BCUT2D eigenvalue weighted by atomic mass is 19.1.